The van der Waals surface area contributed by atoms with Crippen molar-refractivity contribution in [3.63, 3.8) is 0 Å². The maximum Gasteiger partial charge on any atom is 0.233 e. The van der Waals surface area contributed by atoms with E-state index in [0.717, 1.165) is 45.3 Å². The molecule has 56 heavy (non-hydrogen) atoms. The predicted molar refractivity (Wildman–Crippen MR) is 227 cm³/mol. The van der Waals surface area contributed by atoms with Crippen LogP contribution in [0, 0.1) is 0 Å². The van der Waals surface area contributed by atoms with Gasteiger partial charge in [-0.15, -0.1) is 0 Å². The van der Waals surface area contributed by atoms with Crippen molar-refractivity contribution in [1.82, 2.24) is 29.9 Å². The van der Waals surface area contributed by atoms with Crippen LogP contribution in [0.5, 0.6) is 0 Å². The monoisotopic (exact) mass is 732 g/mol. The second-order valence-electron chi connectivity index (χ2n) is 12.4. The van der Waals surface area contributed by atoms with Crippen LogP contribution < -0.4 is 31.9 Å². The van der Waals surface area contributed by atoms with E-state index >= 15 is 0 Å². The minimum Gasteiger partial charge on any atom is -0.324 e. The van der Waals surface area contributed by atoms with Gasteiger partial charge < -0.3 is 31.9 Å². The number of rotatable bonds is 14. The van der Waals surface area contributed by atoms with Crippen molar-refractivity contribution in [1.29, 1.82) is 0 Å². The van der Waals surface area contributed by atoms with Gasteiger partial charge >= 0.3 is 0 Å². The number of aromatic nitrogens is 6. The first-order valence-corrected chi connectivity index (χ1v) is 17.9. The Morgan fingerprint density at radius 3 is 0.643 bits per heavy atom. The fourth-order valence-corrected chi connectivity index (χ4v) is 5.50. The van der Waals surface area contributed by atoms with Gasteiger partial charge in [0.2, 0.25) is 35.7 Å². The molecular weight excluding hydrogens is 697 g/mol. The molecule has 0 saturated heterocycles. The lowest BCUT2D eigenvalue weighted by Gasteiger charge is -2.12. The third-order valence-electron chi connectivity index (χ3n) is 8.19. The van der Waals surface area contributed by atoms with Crippen molar-refractivity contribution in [3.05, 3.63) is 181 Å². The number of para-hydroxylation sites is 4. The second kappa shape index (κ2) is 17.1. The van der Waals surface area contributed by atoms with E-state index in [9.17, 15) is 0 Å². The summed E-state index contributed by atoms with van der Waals surface area (Å²) in [5, 5.41) is 19.7. The van der Waals surface area contributed by atoms with Gasteiger partial charge in [0.15, 0.2) is 0 Å². The van der Waals surface area contributed by atoms with Crippen LogP contribution in [0.4, 0.5) is 69.8 Å². The summed E-state index contributed by atoms with van der Waals surface area (Å²) < 4.78 is 0. The lowest BCUT2D eigenvalue weighted by Crippen LogP contribution is -2.07. The van der Waals surface area contributed by atoms with Gasteiger partial charge in [0.25, 0.3) is 0 Å². The smallest absolute Gasteiger partial charge is 0.233 e. The highest BCUT2D eigenvalue weighted by Crippen LogP contribution is 2.24. The number of benzene rings is 6. The quantitative estimate of drug-likeness (QED) is 0.0591. The molecule has 0 aliphatic heterocycles. The molecule has 2 aromatic heterocycles. The molecule has 8 aromatic rings. The van der Waals surface area contributed by atoms with Gasteiger partial charge in [-0.2, -0.15) is 29.9 Å². The zero-order chi connectivity index (χ0) is 37.8. The summed E-state index contributed by atoms with van der Waals surface area (Å²) in [4.78, 5) is 27.6. The fourth-order valence-electron chi connectivity index (χ4n) is 5.50. The largest absolute Gasteiger partial charge is 0.324 e. The molecule has 0 unspecified atom stereocenters. The van der Waals surface area contributed by atoms with Crippen molar-refractivity contribution >= 4 is 82.0 Å². The van der Waals surface area contributed by atoms with E-state index in [-0.39, 0.29) is 0 Å². The molecule has 0 saturated carbocycles. The Labute approximate surface area is 323 Å². The van der Waals surface area contributed by atoms with Crippen molar-refractivity contribution in [3.8, 4) is 0 Å². The minimum atomic E-state index is 0.401. The van der Waals surface area contributed by atoms with Gasteiger partial charge in [-0.05, 0) is 83.9 Å². The lowest BCUT2D eigenvalue weighted by molar-refractivity contribution is 1.06. The Morgan fingerprint density at radius 1 is 0.232 bits per heavy atom. The van der Waals surface area contributed by atoms with Crippen molar-refractivity contribution < 1.29 is 0 Å². The Morgan fingerprint density at radius 2 is 0.429 bits per heavy atom. The summed E-state index contributed by atoms with van der Waals surface area (Å²) in [6.07, 6.45) is 4.13. The van der Waals surface area contributed by atoms with Crippen LogP contribution in [-0.4, -0.2) is 29.9 Å². The molecule has 12 nitrogen and oxygen atoms in total. The Hall–Kier alpha value is -8.12. The van der Waals surface area contributed by atoms with Gasteiger partial charge in [0.1, 0.15) is 0 Å². The normalized spacial score (nSPS) is 10.8. The molecule has 12 heteroatoms. The first-order valence-electron chi connectivity index (χ1n) is 17.9. The summed E-state index contributed by atoms with van der Waals surface area (Å²) >= 11 is 0. The van der Waals surface area contributed by atoms with Crippen LogP contribution in [0.3, 0.4) is 0 Å². The zero-order valence-electron chi connectivity index (χ0n) is 30.0. The van der Waals surface area contributed by atoms with Crippen LogP contribution in [0.15, 0.2) is 170 Å². The molecule has 0 aliphatic rings. The van der Waals surface area contributed by atoms with E-state index in [4.69, 9.17) is 0 Å². The first-order chi connectivity index (χ1) is 27.6. The summed E-state index contributed by atoms with van der Waals surface area (Å²) in [6, 6.07) is 55.2. The van der Waals surface area contributed by atoms with Gasteiger partial charge in [-0.1, -0.05) is 109 Å². The fraction of sp³-hybridized carbons (Fsp3) is 0. The van der Waals surface area contributed by atoms with E-state index in [1.807, 2.05) is 170 Å². The van der Waals surface area contributed by atoms with Crippen molar-refractivity contribution in [2.24, 2.45) is 0 Å². The number of anilines is 12. The van der Waals surface area contributed by atoms with Crippen molar-refractivity contribution in [2.45, 2.75) is 0 Å². The SMILES string of the molecule is C(=Cc1ccc(Nc2nc(Nc3ccccc3)nc(Nc3ccccc3)n2)cc1)c1ccc(Nc2nc(Nc3ccccc3)nc(Nc3ccccc3)n2)cc1. The summed E-state index contributed by atoms with van der Waals surface area (Å²) in [5.74, 6) is 2.45. The van der Waals surface area contributed by atoms with Gasteiger partial charge in [0.05, 0.1) is 0 Å². The summed E-state index contributed by atoms with van der Waals surface area (Å²) in [5.41, 5.74) is 7.23. The molecule has 8 rings (SSSR count). The van der Waals surface area contributed by atoms with Gasteiger partial charge in [-0.3, -0.25) is 0 Å². The molecule has 2 heterocycles. The molecule has 0 spiro atoms. The van der Waals surface area contributed by atoms with E-state index < -0.39 is 0 Å². The van der Waals surface area contributed by atoms with Crippen LogP contribution in [-0.2, 0) is 0 Å². The number of hydrogen-bond donors (Lipinski definition) is 6. The van der Waals surface area contributed by atoms with E-state index in [1.165, 1.54) is 0 Å². The van der Waals surface area contributed by atoms with Crippen molar-refractivity contribution in [2.75, 3.05) is 31.9 Å². The average Bonchev–Trinajstić information content (AvgIpc) is 3.22. The van der Waals surface area contributed by atoms with Crippen LogP contribution >= 0.6 is 0 Å². The molecule has 0 radical (unpaired) electrons. The zero-order valence-corrected chi connectivity index (χ0v) is 30.0. The third-order valence-corrected chi connectivity index (χ3v) is 8.19. The number of hydrogen-bond acceptors (Lipinski definition) is 12. The minimum absolute atomic E-state index is 0.401. The first kappa shape index (κ1) is 34.9. The molecule has 0 atom stereocenters. The van der Waals surface area contributed by atoms with E-state index in [0.29, 0.717) is 35.7 Å². The molecule has 0 amide bonds. The molecule has 0 bridgehead atoms. The lowest BCUT2D eigenvalue weighted by atomic mass is 10.1. The highest BCUT2D eigenvalue weighted by molar-refractivity contribution is 5.72. The van der Waals surface area contributed by atoms with Crippen LogP contribution in [0.25, 0.3) is 12.2 Å². The predicted octanol–water partition coefficient (Wildman–Crippen LogP) is 10.7. The van der Waals surface area contributed by atoms with Gasteiger partial charge in [-0.25, -0.2) is 0 Å². The van der Waals surface area contributed by atoms with Crippen LogP contribution in [0.2, 0.25) is 0 Å². The van der Waals surface area contributed by atoms with Crippen LogP contribution in [0.1, 0.15) is 11.1 Å². The Balaban J connectivity index is 0.929. The third kappa shape index (κ3) is 9.85. The Bertz CT molecular complexity index is 2200. The molecular formula is C44H36N12. The summed E-state index contributed by atoms with van der Waals surface area (Å²) in [7, 11) is 0. The second-order valence-corrected chi connectivity index (χ2v) is 12.4. The molecule has 6 N–H and O–H groups in total. The van der Waals surface area contributed by atoms with Gasteiger partial charge in [0, 0.05) is 34.1 Å². The standard InChI is InChI=1S/C44H36N12/c1-5-13-33(14-6-1)45-39-51-40(46-34-15-7-2-8-16-34)54-43(53-39)49-37-27-23-31(24-28-37)21-22-32-25-29-38(30-26-32)50-44-55-41(47-35-17-9-3-10-18-35)52-42(56-44)48-36-19-11-4-12-20-36/h1-30H,(H3,45,46,49,51,53,54)(H3,47,48,50,52,55,56). The Kier molecular flexibility index (Phi) is 10.7. The molecule has 272 valence electrons. The molecule has 0 fully saturated rings. The highest BCUT2D eigenvalue weighted by atomic mass is 15.3. The maximum atomic E-state index is 4.62. The highest BCUT2D eigenvalue weighted by Gasteiger charge is 2.10. The average molecular weight is 733 g/mol. The van der Waals surface area contributed by atoms with E-state index in [1.54, 1.807) is 0 Å². The molecule has 0 aliphatic carbocycles. The summed E-state index contributed by atoms with van der Waals surface area (Å²) in [6.45, 7) is 0. The number of nitrogens with zero attached hydrogens (tertiary/aromatic N) is 6. The maximum absolute atomic E-state index is 4.62. The number of nitrogens with one attached hydrogen (secondary N) is 6. The van der Waals surface area contributed by atoms with E-state index in [2.05, 4.69) is 74.0 Å². The molecule has 6 aromatic carbocycles. The topological polar surface area (TPSA) is 150 Å².